The van der Waals surface area contributed by atoms with Crippen LogP contribution in [-0.4, -0.2) is 3.22 Å². The van der Waals surface area contributed by atoms with E-state index in [1.807, 2.05) is 15.4 Å². The van der Waals surface area contributed by atoms with Gasteiger partial charge in [0.05, 0.1) is 0 Å². The predicted molar refractivity (Wildman–Crippen MR) is 46.0 cm³/mol. The topological polar surface area (TPSA) is 38.6 Å². The first kappa shape index (κ1) is 8.20. The Morgan fingerprint density at radius 1 is 1.64 bits per heavy atom. The van der Waals surface area contributed by atoms with Gasteiger partial charge in [-0.2, -0.15) is 0 Å². The zero-order valence-corrected chi connectivity index (χ0v) is 9.22. The van der Waals surface area contributed by atoms with Gasteiger partial charge in [-0.1, -0.05) is 0 Å². The summed E-state index contributed by atoms with van der Waals surface area (Å²) < 4.78 is 4.89. The van der Waals surface area contributed by atoms with Gasteiger partial charge < -0.3 is 0 Å². The van der Waals surface area contributed by atoms with Crippen molar-refractivity contribution in [3.63, 3.8) is 0 Å². The molecule has 2 aliphatic heterocycles. The summed E-state index contributed by atoms with van der Waals surface area (Å²) in [5.74, 6) is 7.05. The number of hydrogen-bond donors (Lipinski definition) is 1. The van der Waals surface area contributed by atoms with Crippen molar-refractivity contribution >= 4 is 0 Å². The molecule has 3 rings (SSSR count). The molecule has 0 saturated heterocycles. The van der Waals surface area contributed by atoms with Gasteiger partial charge in [-0.3, -0.25) is 0 Å². The third-order valence-electron chi connectivity index (χ3n) is 2.01. The Labute approximate surface area is 92.6 Å². The summed E-state index contributed by atoms with van der Waals surface area (Å²) in [7, 11) is 0. The predicted octanol–water partition coefficient (Wildman–Crippen LogP) is -2.04. The molecule has 0 bridgehead atoms. The molecule has 72 valence electrons. The molecule has 0 amide bonds. The summed E-state index contributed by atoms with van der Waals surface area (Å²) in [6.07, 6.45) is 7.47. The SMILES string of the molecule is C1#CC2C=C[N-]N3[I-]NOC(=C23)C=C1. The van der Waals surface area contributed by atoms with Crippen molar-refractivity contribution < 1.29 is 26.6 Å². The average molecular weight is 299 g/mol. The van der Waals surface area contributed by atoms with E-state index in [-0.39, 0.29) is 5.92 Å². The summed E-state index contributed by atoms with van der Waals surface area (Å²) in [4.78, 5) is 5.37. The van der Waals surface area contributed by atoms with Crippen LogP contribution < -0.4 is 25.4 Å². The Kier molecular flexibility index (Phi) is 1.89. The molecule has 0 aromatic heterocycles. The standard InChI is InChI=1S/C9H6IN3O/c1-2-4-8-9-7(3-1)5-6-11-13(9)10-12-14-8/h2,4-7,12H/q-2. The zero-order valence-electron chi connectivity index (χ0n) is 7.07. The molecule has 2 heterocycles. The molecule has 4 nitrogen and oxygen atoms in total. The molecule has 0 fully saturated rings. The Bertz CT molecular complexity index is 416. The van der Waals surface area contributed by atoms with Gasteiger partial charge in [-0.25, -0.2) is 0 Å². The van der Waals surface area contributed by atoms with Crippen LogP contribution in [-0.2, 0) is 4.84 Å². The summed E-state index contributed by atoms with van der Waals surface area (Å²) in [6.45, 7) is 0. The fourth-order valence-electron chi connectivity index (χ4n) is 1.40. The van der Waals surface area contributed by atoms with E-state index in [2.05, 4.69) is 21.0 Å². The van der Waals surface area contributed by atoms with E-state index >= 15 is 0 Å². The van der Waals surface area contributed by atoms with Crippen LogP contribution in [0.5, 0.6) is 0 Å². The number of rotatable bonds is 0. The number of nitrogens with zero attached hydrogens (tertiary/aromatic N) is 2. The van der Waals surface area contributed by atoms with E-state index in [1.165, 1.54) is 0 Å². The molecule has 0 saturated carbocycles. The van der Waals surface area contributed by atoms with Gasteiger partial charge >= 0.3 is 92.6 Å². The van der Waals surface area contributed by atoms with Crippen LogP contribution >= 0.6 is 0 Å². The summed E-state index contributed by atoms with van der Waals surface area (Å²) >= 11 is -0.402. The minimum atomic E-state index is -0.402. The van der Waals surface area contributed by atoms with Crippen molar-refractivity contribution in [2.45, 2.75) is 0 Å². The van der Waals surface area contributed by atoms with E-state index in [4.69, 9.17) is 4.84 Å². The van der Waals surface area contributed by atoms with Crippen molar-refractivity contribution in [1.29, 1.82) is 0 Å². The zero-order chi connectivity index (χ0) is 9.38. The van der Waals surface area contributed by atoms with E-state index < -0.39 is 21.8 Å². The van der Waals surface area contributed by atoms with Gasteiger partial charge in [-0.15, -0.1) is 0 Å². The Hall–Kier alpha value is -1.13. The van der Waals surface area contributed by atoms with Crippen molar-refractivity contribution in [2.75, 3.05) is 0 Å². The summed E-state index contributed by atoms with van der Waals surface area (Å²) in [5, 5.41) is 0. The molecule has 0 radical (unpaired) electrons. The van der Waals surface area contributed by atoms with E-state index in [0.717, 1.165) is 11.5 Å². The van der Waals surface area contributed by atoms with Crippen LogP contribution in [0.3, 0.4) is 0 Å². The van der Waals surface area contributed by atoms with E-state index in [0.29, 0.717) is 0 Å². The normalized spacial score (nSPS) is 27.4. The Morgan fingerprint density at radius 2 is 2.64 bits per heavy atom. The molecular formula is C9H6IN3O-2. The van der Waals surface area contributed by atoms with Crippen LogP contribution in [0.25, 0.3) is 5.43 Å². The minimum absolute atomic E-state index is 0.124. The Morgan fingerprint density at radius 3 is 3.64 bits per heavy atom. The average Bonchev–Trinajstić information content (AvgIpc) is 2.44. The molecule has 1 unspecified atom stereocenters. The molecule has 1 aliphatic carbocycles. The molecule has 1 atom stereocenters. The monoisotopic (exact) mass is 299 g/mol. The second kappa shape index (κ2) is 3.22. The van der Waals surface area contributed by atoms with Gasteiger partial charge in [0.2, 0.25) is 0 Å². The molecule has 0 aromatic carbocycles. The number of allylic oxidation sites excluding steroid dienone is 3. The number of nitrogens with one attached hydrogen (secondary N) is 1. The van der Waals surface area contributed by atoms with E-state index in [9.17, 15) is 0 Å². The van der Waals surface area contributed by atoms with Gasteiger partial charge in [0.1, 0.15) is 0 Å². The van der Waals surface area contributed by atoms with Crippen molar-refractivity contribution in [3.05, 3.63) is 41.3 Å². The van der Waals surface area contributed by atoms with Gasteiger partial charge in [0, 0.05) is 0 Å². The van der Waals surface area contributed by atoms with Crippen molar-refractivity contribution in [2.24, 2.45) is 5.92 Å². The second-order valence-electron chi connectivity index (χ2n) is 2.83. The number of hydrogen-bond acceptors (Lipinski definition) is 3. The first-order chi connectivity index (χ1) is 6.95. The van der Waals surface area contributed by atoms with Crippen LogP contribution in [0, 0.1) is 17.8 Å². The fraction of sp³-hybridized carbons (Fsp3) is 0.111. The molecular weight excluding hydrogens is 293 g/mol. The van der Waals surface area contributed by atoms with Crippen LogP contribution in [0.15, 0.2) is 35.9 Å². The summed E-state index contributed by atoms with van der Waals surface area (Å²) in [6, 6.07) is 0. The maximum atomic E-state index is 5.37. The molecule has 14 heavy (non-hydrogen) atoms. The molecule has 0 aromatic rings. The first-order valence-electron chi connectivity index (χ1n) is 4.10. The van der Waals surface area contributed by atoms with Gasteiger partial charge in [0.15, 0.2) is 0 Å². The third kappa shape index (κ3) is 1.19. The molecule has 1 N–H and O–H groups in total. The first-order valence-corrected chi connectivity index (χ1v) is 6.15. The quantitative estimate of drug-likeness (QED) is 0.318. The third-order valence-corrected chi connectivity index (χ3v) is 3.66. The fourth-order valence-corrected chi connectivity index (χ4v) is 2.99. The number of halogens is 1. The van der Waals surface area contributed by atoms with E-state index in [1.54, 1.807) is 12.3 Å². The Balaban J connectivity index is 2.14. The van der Waals surface area contributed by atoms with Crippen molar-refractivity contribution in [3.8, 4) is 11.8 Å². The van der Waals surface area contributed by atoms with Crippen LogP contribution in [0.1, 0.15) is 0 Å². The molecule has 5 heteroatoms. The molecule has 0 spiro atoms. The van der Waals surface area contributed by atoms with Crippen LogP contribution in [0.2, 0.25) is 0 Å². The second-order valence-corrected chi connectivity index (χ2v) is 4.67. The van der Waals surface area contributed by atoms with Gasteiger partial charge in [-0.05, 0) is 0 Å². The van der Waals surface area contributed by atoms with Gasteiger partial charge in [0.25, 0.3) is 0 Å². The maximum absolute atomic E-state index is 5.37. The van der Waals surface area contributed by atoms with Crippen LogP contribution in [0.4, 0.5) is 0 Å². The molecule has 3 aliphatic rings. The summed E-state index contributed by atoms with van der Waals surface area (Å²) in [5.41, 5.74) is 5.34. The van der Waals surface area contributed by atoms with Crippen molar-refractivity contribution in [1.82, 2.24) is 6.92 Å².